The second kappa shape index (κ2) is 8.55. The molecule has 164 valence electrons. The van der Waals surface area contributed by atoms with Gasteiger partial charge in [-0.15, -0.1) is 0 Å². The average molecular weight is 453 g/mol. The maximum Gasteiger partial charge on any atom is 0.275 e. The second-order valence-electron chi connectivity index (χ2n) is 7.59. The molecule has 0 aliphatic carbocycles. The Morgan fingerprint density at radius 2 is 1.72 bits per heavy atom. The van der Waals surface area contributed by atoms with Gasteiger partial charge in [0.15, 0.2) is 12.3 Å². The molecule has 2 aliphatic rings. The Morgan fingerprint density at radius 1 is 1.00 bits per heavy atom. The van der Waals surface area contributed by atoms with Gasteiger partial charge in [0.2, 0.25) is 5.89 Å². The van der Waals surface area contributed by atoms with Gasteiger partial charge in [-0.05, 0) is 24.3 Å². The maximum atomic E-state index is 12.9. The molecule has 0 unspecified atom stereocenters. The van der Waals surface area contributed by atoms with Gasteiger partial charge in [0.05, 0.1) is 16.4 Å². The molecule has 5 rings (SSSR count). The summed E-state index contributed by atoms with van der Waals surface area (Å²) < 4.78 is 11.0. The Kier molecular flexibility index (Phi) is 5.45. The number of aromatic nitrogens is 1. The van der Waals surface area contributed by atoms with Crippen molar-refractivity contribution in [3.8, 4) is 5.75 Å². The summed E-state index contributed by atoms with van der Waals surface area (Å²) in [6.45, 7) is 2.56. The number of nitrogens with zero attached hydrogens (tertiary/aromatic N) is 4. The van der Waals surface area contributed by atoms with E-state index >= 15 is 0 Å². The predicted molar refractivity (Wildman–Crippen MR) is 119 cm³/mol. The first-order chi connectivity index (χ1) is 15.6. The first kappa shape index (κ1) is 20.4. The summed E-state index contributed by atoms with van der Waals surface area (Å²) in [4.78, 5) is 35.1. The van der Waals surface area contributed by atoms with Crippen molar-refractivity contribution in [2.75, 3.05) is 42.6 Å². The summed E-state index contributed by atoms with van der Waals surface area (Å²) in [6.07, 6.45) is 1.36. The number of oxazole rings is 1. The highest BCUT2D eigenvalue weighted by molar-refractivity contribution is 6.33. The summed E-state index contributed by atoms with van der Waals surface area (Å²) in [5.41, 5.74) is 1.87. The van der Waals surface area contributed by atoms with Gasteiger partial charge in [0.25, 0.3) is 11.8 Å². The minimum Gasteiger partial charge on any atom is -0.482 e. The van der Waals surface area contributed by atoms with Crippen LogP contribution in [0.2, 0.25) is 5.02 Å². The minimum absolute atomic E-state index is 0.0424. The van der Waals surface area contributed by atoms with Crippen molar-refractivity contribution in [2.45, 2.75) is 6.54 Å². The van der Waals surface area contributed by atoms with Crippen LogP contribution < -0.4 is 14.5 Å². The molecule has 8 nitrogen and oxygen atoms in total. The first-order valence-electron chi connectivity index (χ1n) is 10.4. The van der Waals surface area contributed by atoms with Crippen molar-refractivity contribution in [3.63, 3.8) is 0 Å². The first-order valence-corrected chi connectivity index (χ1v) is 10.7. The third kappa shape index (κ3) is 3.89. The fourth-order valence-electron chi connectivity index (χ4n) is 3.96. The number of fused-ring (bicyclic) bond motifs is 1. The van der Waals surface area contributed by atoms with Crippen LogP contribution in [0.5, 0.6) is 5.75 Å². The van der Waals surface area contributed by atoms with Gasteiger partial charge in [0, 0.05) is 26.2 Å². The van der Waals surface area contributed by atoms with Crippen molar-refractivity contribution >= 4 is 34.8 Å². The molecule has 2 aliphatic heterocycles. The van der Waals surface area contributed by atoms with Crippen LogP contribution in [0.1, 0.15) is 16.4 Å². The van der Waals surface area contributed by atoms with Gasteiger partial charge in [-0.25, -0.2) is 4.98 Å². The van der Waals surface area contributed by atoms with E-state index in [-0.39, 0.29) is 30.7 Å². The normalized spacial score (nSPS) is 16.0. The molecule has 1 fully saturated rings. The third-order valence-electron chi connectivity index (χ3n) is 5.63. The van der Waals surface area contributed by atoms with Crippen LogP contribution in [0.4, 0.5) is 11.4 Å². The van der Waals surface area contributed by atoms with Crippen LogP contribution in [0.15, 0.2) is 59.2 Å². The molecule has 3 aromatic rings. The van der Waals surface area contributed by atoms with E-state index in [0.717, 1.165) is 5.69 Å². The molecule has 1 saturated heterocycles. The quantitative estimate of drug-likeness (QED) is 0.604. The molecular formula is C23H21ClN4O4. The number of hydrogen-bond donors (Lipinski definition) is 0. The van der Waals surface area contributed by atoms with E-state index in [1.807, 2.05) is 42.5 Å². The van der Waals surface area contributed by atoms with Gasteiger partial charge in [-0.3, -0.25) is 14.5 Å². The van der Waals surface area contributed by atoms with Crippen LogP contribution in [-0.4, -0.2) is 54.5 Å². The largest absolute Gasteiger partial charge is 0.482 e. The second-order valence-corrected chi connectivity index (χ2v) is 8.00. The number of halogens is 1. The Hall–Kier alpha value is -3.52. The summed E-state index contributed by atoms with van der Waals surface area (Å²) >= 11 is 6.30. The topological polar surface area (TPSA) is 79.1 Å². The van der Waals surface area contributed by atoms with E-state index < -0.39 is 0 Å². The number of para-hydroxylation sites is 3. The lowest BCUT2D eigenvalue weighted by atomic mass is 10.2. The molecule has 9 heteroatoms. The van der Waals surface area contributed by atoms with Gasteiger partial charge >= 0.3 is 0 Å². The SMILES string of the molecule is O=C(c1coc(CN2C(=O)COc3ccccc32)n1)N1CCN(c2ccccc2Cl)CC1. The van der Waals surface area contributed by atoms with Crippen molar-refractivity contribution < 1.29 is 18.7 Å². The van der Waals surface area contributed by atoms with E-state index in [1.165, 1.54) is 6.26 Å². The molecule has 2 aromatic carbocycles. The molecule has 0 radical (unpaired) electrons. The number of ether oxygens (including phenoxy) is 1. The van der Waals surface area contributed by atoms with E-state index in [1.54, 1.807) is 15.9 Å². The summed E-state index contributed by atoms with van der Waals surface area (Å²) in [5, 5.41) is 0.702. The average Bonchev–Trinajstić information content (AvgIpc) is 3.30. The Balaban J connectivity index is 1.24. The van der Waals surface area contributed by atoms with Crippen molar-refractivity contribution in [2.24, 2.45) is 0 Å². The summed E-state index contributed by atoms with van der Waals surface area (Å²) in [6, 6.07) is 15.0. The highest BCUT2D eigenvalue weighted by atomic mass is 35.5. The Bertz CT molecular complexity index is 1160. The number of anilines is 2. The zero-order valence-electron chi connectivity index (χ0n) is 17.2. The molecule has 0 bridgehead atoms. The Labute approximate surface area is 189 Å². The summed E-state index contributed by atoms with van der Waals surface area (Å²) in [7, 11) is 0. The molecule has 0 spiro atoms. The van der Waals surface area contributed by atoms with Crippen LogP contribution in [0.3, 0.4) is 0 Å². The lowest BCUT2D eigenvalue weighted by Crippen LogP contribution is -2.49. The molecule has 0 atom stereocenters. The van der Waals surface area contributed by atoms with Crippen LogP contribution in [0, 0.1) is 0 Å². The Morgan fingerprint density at radius 3 is 2.50 bits per heavy atom. The number of benzene rings is 2. The molecular weight excluding hydrogens is 432 g/mol. The van der Waals surface area contributed by atoms with E-state index in [4.69, 9.17) is 20.8 Å². The summed E-state index contributed by atoms with van der Waals surface area (Å²) in [5.74, 6) is 0.553. The maximum absolute atomic E-state index is 12.9. The van der Waals surface area contributed by atoms with Gasteiger partial charge in [-0.2, -0.15) is 0 Å². The van der Waals surface area contributed by atoms with Gasteiger partial charge in [0.1, 0.15) is 18.6 Å². The predicted octanol–water partition coefficient (Wildman–Crippen LogP) is 3.22. The van der Waals surface area contributed by atoms with Crippen molar-refractivity contribution in [3.05, 3.63) is 71.4 Å². The molecule has 3 heterocycles. The lowest BCUT2D eigenvalue weighted by Gasteiger charge is -2.36. The van der Waals surface area contributed by atoms with Crippen LogP contribution >= 0.6 is 11.6 Å². The third-order valence-corrected chi connectivity index (χ3v) is 5.95. The fourth-order valence-corrected chi connectivity index (χ4v) is 4.22. The van der Waals surface area contributed by atoms with E-state index in [2.05, 4.69) is 9.88 Å². The zero-order chi connectivity index (χ0) is 22.1. The number of amides is 2. The molecule has 0 N–H and O–H groups in total. The highest BCUT2D eigenvalue weighted by Crippen LogP contribution is 2.32. The molecule has 0 saturated carbocycles. The highest BCUT2D eigenvalue weighted by Gasteiger charge is 2.29. The van der Waals surface area contributed by atoms with Crippen molar-refractivity contribution in [1.82, 2.24) is 9.88 Å². The number of carbonyl (C=O) groups excluding carboxylic acids is 2. The zero-order valence-corrected chi connectivity index (χ0v) is 18.0. The number of hydrogen-bond acceptors (Lipinski definition) is 6. The van der Waals surface area contributed by atoms with E-state index in [0.29, 0.717) is 48.5 Å². The smallest absolute Gasteiger partial charge is 0.275 e. The molecule has 32 heavy (non-hydrogen) atoms. The number of carbonyl (C=O) groups is 2. The molecule has 1 aromatic heterocycles. The lowest BCUT2D eigenvalue weighted by molar-refractivity contribution is -0.121. The standard InChI is InChI=1S/C23H21ClN4O4/c24-16-5-1-2-6-18(16)26-9-11-27(12-10-26)23(30)17-14-32-21(25-17)13-28-19-7-3-4-8-20(19)31-15-22(28)29/h1-8,14H,9-13,15H2. The van der Waals surface area contributed by atoms with Crippen LogP contribution in [0.25, 0.3) is 0 Å². The fraction of sp³-hybridized carbons (Fsp3) is 0.261. The number of rotatable bonds is 4. The molecule has 2 amide bonds. The van der Waals surface area contributed by atoms with Crippen molar-refractivity contribution in [1.29, 1.82) is 0 Å². The minimum atomic E-state index is -0.189. The monoisotopic (exact) mass is 452 g/mol. The van der Waals surface area contributed by atoms with E-state index in [9.17, 15) is 9.59 Å². The van der Waals surface area contributed by atoms with Gasteiger partial charge in [-0.1, -0.05) is 35.9 Å². The van der Waals surface area contributed by atoms with Crippen LogP contribution in [-0.2, 0) is 11.3 Å². The van der Waals surface area contributed by atoms with Gasteiger partial charge < -0.3 is 19.0 Å². The number of piperazine rings is 1.